The molecule has 0 spiro atoms. The highest BCUT2D eigenvalue weighted by molar-refractivity contribution is 5.66. The van der Waals surface area contributed by atoms with E-state index in [2.05, 4.69) is 13.8 Å². The Morgan fingerprint density at radius 2 is 1.69 bits per heavy atom. The SMILES string of the molecule is CC(=O)OCCOC1CCC2(C)C(CCC3C4CCC(CCCC(=O)O)C4(C)CCC32)C1. The van der Waals surface area contributed by atoms with E-state index in [1.165, 1.54) is 58.3 Å². The van der Waals surface area contributed by atoms with E-state index in [0.717, 1.165) is 48.9 Å². The fourth-order valence-corrected chi connectivity index (χ4v) is 8.85. The molecular formula is C27H44O5. The number of carboxylic acids is 1. The number of rotatable bonds is 8. The molecule has 4 saturated carbocycles. The normalized spacial score (nSPS) is 43.1. The molecule has 4 aliphatic carbocycles. The highest BCUT2D eigenvalue weighted by atomic mass is 16.6. The predicted octanol–water partition coefficient (Wildman–Crippen LogP) is 5.85. The van der Waals surface area contributed by atoms with Gasteiger partial charge in [-0.1, -0.05) is 13.8 Å². The number of ether oxygens (including phenoxy) is 2. The van der Waals surface area contributed by atoms with E-state index in [1.54, 1.807) is 0 Å². The first-order valence-corrected chi connectivity index (χ1v) is 13.2. The van der Waals surface area contributed by atoms with Crippen LogP contribution in [0.4, 0.5) is 0 Å². The minimum absolute atomic E-state index is 0.233. The van der Waals surface area contributed by atoms with Crippen LogP contribution in [0.5, 0.6) is 0 Å². The molecule has 0 aromatic rings. The number of hydrogen-bond acceptors (Lipinski definition) is 4. The van der Waals surface area contributed by atoms with Crippen LogP contribution in [-0.4, -0.2) is 36.4 Å². The Balaban J connectivity index is 1.35. The van der Waals surface area contributed by atoms with Gasteiger partial charge in [-0.3, -0.25) is 9.59 Å². The van der Waals surface area contributed by atoms with Crippen molar-refractivity contribution in [2.75, 3.05) is 13.2 Å². The predicted molar refractivity (Wildman–Crippen MR) is 123 cm³/mol. The molecule has 4 aliphatic rings. The monoisotopic (exact) mass is 448 g/mol. The third-order valence-electron chi connectivity index (χ3n) is 10.5. The van der Waals surface area contributed by atoms with Gasteiger partial charge in [0.2, 0.25) is 0 Å². The number of carbonyl (C=O) groups is 2. The summed E-state index contributed by atoms with van der Waals surface area (Å²) in [6.45, 7) is 7.47. The molecule has 0 aromatic carbocycles. The molecule has 0 aliphatic heterocycles. The summed E-state index contributed by atoms with van der Waals surface area (Å²) in [5, 5.41) is 9.05. The lowest BCUT2D eigenvalue weighted by atomic mass is 9.44. The van der Waals surface area contributed by atoms with Crippen molar-refractivity contribution in [3.63, 3.8) is 0 Å². The van der Waals surface area contributed by atoms with Gasteiger partial charge in [-0.15, -0.1) is 0 Å². The second-order valence-corrected chi connectivity index (χ2v) is 11.9. The van der Waals surface area contributed by atoms with Gasteiger partial charge in [-0.25, -0.2) is 0 Å². The maximum absolute atomic E-state index is 11.0. The molecule has 0 radical (unpaired) electrons. The van der Waals surface area contributed by atoms with Crippen molar-refractivity contribution in [2.45, 2.75) is 104 Å². The van der Waals surface area contributed by atoms with E-state index in [1.807, 2.05) is 0 Å². The average Bonchev–Trinajstić information content (AvgIpc) is 3.07. The second kappa shape index (κ2) is 9.64. The first-order valence-electron chi connectivity index (χ1n) is 13.2. The number of carbonyl (C=O) groups excluding carboxylic acids is 1. The third kappa shape index (κ3) is 4.60. The summed E-state index contributed by atoms with van der Waals surface area (Å²) in [6, 6.07) is 0. The number of esters is 1. The largest absolute Gasteiger partial charge is 0.481 e. The smallest absolute Gasteiger partial charge is 0.303 e. The van der Waals surface area contributed by atoms with Crippen molar-refractivity contribution in [3.05, 3.63) is 0 Å². The van der Waals surface area contributed by atoms with Gasteiger partial charge in [0.05, 0.1) is 12.7 Å². The third-order valence-corrected chi connectivity index (χ3v) is 10.5. The molecule has 0 aromatic heterocycles. The lowest BCUT2D eigenvalue weighted by Crippen LogP contribution is -2.54. The number of fused-ring (bicyclic) bond motifs is 5. The molecule has 8 unspecified atom stereocenters. The van der Waals surface area contributed by atoms with Crippen LogP contribution in [0.1, 0.15) is 97.8 Å². The molecule has 0 saturated heterocycles. The van der Waals surface area contributed by atoms with Gasteiger partial charge < -0.3 is 14.6 Å². The molecule has 0 heterocycles. The van der Waals surface area contributed by atoms with Crippen molar-refractivity contribution < 1.29 is 24.2 Å². The van der Waals surface area contributed by atoms with Crippen LogP contribution < -0.4 is 0 Å². The quantitative estimate of drug-likeness (QED) is 0.372. The Labute approximate surface area is 194 Å². The molecular weight excluding hydrogens is 404 g/mol. The van der Waals surface area contributed by atoms with E-state index in [-0.39, 0.29) is 5.97 Å². The van der Waals surface area contributed by atoms with Crippen LogP contribution in [0.15, 0.2) is 0 Å². The molecule has 5 nitrogen and oxygen atoms in total. The summed E-state index contributed by atoms with van der Waals surface area (Å²) in [4.78, 5) is 21.9. The van der Waals surface area contributed by atoms with E-state index in [9.17, 15) is 9.59 Å². The van der Waals surface area contributed by atoms with Crippen LogP contribution in [0, 0.1) is 40.4 Å². The van der Waals surface area contributed by atoms with Gasteiger partial charge >= 0.3 is 11.9 Å². The molecule has 8 atom stereocenters. The van der Waals surface area contributed by atoms with Crippen LogP contribution in [0.2, 0.25) is 0 Å². The summed E-state index contributed by atoms with van der Waals surface area (Å²) >= 11 is 0. The van der Waals surface area contributed by atoms with Crippen LogP contribution >= 0.6 is 0 Å². The molecule has 182 valence electrons. The first-order chi connectivity index (χ1) is 15.2. The van der Waals surface area contributed by atoms with Gasteiger partial charge in [0.1, 0.15) is 6.61 Å². The fraction of sp³-hybridized carbons (Fsp3) is 0.926. The lowest BCUT2D eigenvalue weighted by Gasteiger charge is -2.61. The minimum Gasteiger partial charge on any atom is -0.481 e. The molecule has 4 rings (SSSR count). The summed E-state index contributed by atoms with van der Waals surface area (Å²) in [5.74, 6) is 3.15. The zero-order valence-corrected chi connectivity index (χ0v) is 20.4. The van der Waals surface area contributed by atoms with Gasteiger partial charge in [0.25, 0.3) is 0 Å². The number of aliphatic carboxylic acids is 1. The topological polar surface area (TPSA) is 72.8 Å². The fourth-order valence-electron chi connectivity index (χ4n) is 8.85. The summed E-state index contributed by atoms with van der Waals surface area (Å²) in [6.07, 6.45) is 14.2. The van der Waals surface area contributed by atoms with Crippen LogP contribution in [0.3, 0.4) is 0 Å². The van der Waals surface area contributed by atoms with Gasteiger partial charge in [-0.05, 0) is 111 Å². The van der Waals surface area contributed by atoms with Crippen LogP contribution in [-0.2, 0) is 19.1 Å². The van der Waals surface area contributed by atoms with Gasteiger partial charge in [0, 0.05) is 13.3 Å². The second-order valence-electron chi connectivity index (χ2n) is 11.9. The Morgan fingerprint density at radius 1 is 0.938 bits per heavy atom. The van der Waals surface area contributed by atoms with Crippen molar-refractivity contribution >= 4 is 11.9 Å². The molecule has 0 bridgehead atoms. The Morgan fingerprint density at radius 3 is 2.44 bits per heavy atom. The van der Waals surface area contributed by atoms with Gasteiger partial charge in [0.15, 0.2) is 0 Å². The maximum Gasteiger partial charge on any atom is 0.303 e. The van der Waals surface area contributed by atoms with Crippen LogP contribution in [0.25, 0.3) is 0 Å². The maximum atomic E-state index is 11.0. The summed E-state index contributed by atoms with van der Waals surface area (Å²) in [7, 11) is 0. The minimum atomic E-state index is -0.648. The van der Waals surface area contributed by atoms with Crippen molar-refractivity contribution in [1.82, 2.24) is 0 Å². The summed E-state index contributed by atoms with van der Waals surface area (Å²) in [5.41, 5.74) is 0.876. The van der Waals surface area contributed by atoms with Crippen molar-refractivity contribution in [1.29, 1.82) is 0 Å². The molecule has 4 fully saturated rings. The summed E-state index contributed by atoms with van der Waals surface area (Å²) < 4.78 is 11.1. The highest BCUT2D eigenvalue weighted by Gasteiger charge is 2.59. The number of carboxylic acid groups (broad SMARTS) is 1. The Bertz CT molecular complexity index is 692. The zero-order valence-electron chi connectivity index (χ0n) is 20.4. The van der Waals surface area contributed by atoms with E-state index in [4.69, 9.17) is 14.6 Å². The van der Waals surface area contributed by atoms with E-state index < -0.39 is 5.97 Å². The first kappa shape index (κ1) is 24.0. The Kier molecular flexibility index (Phi) is 7.24. The standard InChI is InChI=1S/C27H44O5/c1-18(28)31-15-16-32-21-11-13-27(3)20(17-21)7-9-22-23-10-8-19(5-4-6-25(29)30)26(23,2)14-12-24(22)27/h19-24H,4-17H2,1-3H3,(H,29,30). The molecule has 0 amide bonds. The lowest BCUT2D eigenvalue weighted by molar-refractivity contribution is -0.148. The van der Waals surface area contributed by atoms with E-state index >= 15 is 0 Å². The molecule has 32 heavy (non-hydrogen) atoms. The highest BCUT2D eigenvalue weighted by Crippen LogP contribution is 2.68. The zero-order chi connectivity index (χ0) is 22.9. The van der Waals surface area contributed by atoms with E-state index in [0.29, 0.717) is 36.6 Å². The van der Waals surface area contributed by atoms with Gasteiger partial charge in [-0.2, -0.15) is 0 Å². The average molecular weight is 449 g/mol. The van der Waals surface area contributed by atoms with Crippen molar-refractivity contribution in [2.24, 2.45) is 40.4 Å². The molecule has 1 N–H and O–H groups in total. The number of hydrogen-bond donors (Lipinski definition) is 1. The molecule has 5 heteroatoms. The Hall–Kier alpha value is -1.10. The van der Waals surface area contributed by atoms with Crippen molar-refractivity contribution in [3.8, 4) is 0 Å².